The number of nitrogens with one attached hydrogen (secondary N) is 1. The molecule has 0 bridgehead atoms. The van der Waals surface area contributed by atoms with Gasteiger partial charge in [0.15, 0.2) is 6.61 Å². The van der Waals surface area contributed by atoms with Crippen molar-refractivity contribution in [3.05, 3.63) is 102 Å². The van der Waals surface area contributed by atoms with Crippen molar-refractivity contribution in [2.24, 2.45) is 0 Å². The highest BCUT2D eigenvalue weighted by Gasteiger charge is 2.10. The number of para-hydroxylation sites is 1. The quantitative estimate of drug-likeness (QED) is 0.596. The third-order valence-electron chi connectivity index (χ3n) is 4.35. The zero-order valence-corrected chi connectivity index (χ0v) is 15.6. The van der Waals surface area contributed by atoms with Crippen LogP contribution >= 0.6 is 0 Å². The first-order valence-corrected chi connectivity index (χ1v) is 9.32. The van der Waals surface area contributed by atoms with Crippen molar-refractivity contribution in [2.75, 3.05) is 11.9 Å². The second kappa shape index (κ2) is 10.1. The van der Waals surface area contributed by atoms with Crippen LogP contribution in [0.4, 0.5) is 5.69 Å². The minimum absolute atomic E-state index is 0.252. The fraction of sp³-hybridized carbons (Fsp3) is 0.167. The molecule has 0 saturated heterocycles. The van der Waals surface area contributed by atoms with Crippen LogP contribution in [0.2, 0.25) is 0 Å². The van der Waals surface area contributed by atoms with Gasteiger partial charge < -0.3 is 10.1 Å². The highest BCUT2D eigenvalue weighted by atomic mass is 16.5. The van der Waals surface area contributed by atoms with Crippen LogP contribution in [0.5, 0.6) is 0 Å². The molecular weight excluding hydrogens is 350 g/mol. The first-order valence-electron chi connectivity index (χ1n) is 9.32. The Morgan fingerprint density at radius 2 is 1.36 bits per heavy atom. The molecule has 3 aromatic carbocycles. The molecule has 0 fully saturated rings. The van der Waals surface area contributed by atoms with Gasteiger partial charge in [-0.2, -0.15) is 0 Å². The van der Waals surface area contributed by atoms with Gasteiger partial charge in [-0.3, -0.25) is 9.59 Å². The predicted octanol–water partition coefficient (Wildman–Crippen LogP) is 4.39. The van der Waals surface area contributed by atoms with Gasteiger partial charge in [-0.1, -0.05) is 78.9 Å². The highest BCUT2D eigenvalue weighted by Crippen LogP contribution is 2.19. The van der Waals surface area contributed by atoms with Gasteiger partial charge in [0.1, 0.15) is 0 Å². The largest absolute Gasteiger partial charge is 0.456 e. The molecule has 0 aliphatic heterocycles. The predicted molar refractivity (Wildman–Crippen MR) is 110 cm³/mol. The molecule has 0 atom stereocenters. The number of carbonyl (C=O) groups is 2. The molecule has 0 aromatic heterocycles. The molecule has 4 nitrogen and oxygen atoms in total. The Kier molecular flexibility index (Phi) is 6.96. The fourth-order valence-electron chi connectivity index (χ4n) is 2.91. The average Bonchev–Trinajstić information content (AvgIpc) is 2.74. The Morgan fingerprint density at radius 1 is 0.750 bits per heavy atom. The number of benzene rings is 3. The number of esters is 1. The highest BCUT2D eigenvalue weighted by molar-refractivity contribution is 5.93. The molecule has 28 heavy (non-hydrogen) atoms. The molecule has 0 unspecified atom stereocenters. The molecule has 0 aliphatic carbocycles. The maximum Gasteiger partial charge on any atom is 0.306 e. The van der Waals surface area contributed by atoms with E-state index in [-0.39, 0.29) is 24.9 Å². The number of ether oxygens (including phenoxy) is 1. The summed E-state index contributed by atoms with van der Waals surface area (Å²) in [5.74, 6) is -0.717. The molecule has 142 valence electrons. The summed E-state index contributed by atoms with van der Waals surface area (Å²) in [6.07, 6.45) is 1.57. The number of anilines is 1. The van der Waals surface area contributed by atoms with Crippen molar-refractivity contribution in [3.63, 3.8) is 0 Å². The van der Waals surface area contributed by atoms with Crippen LogP contribution in [0.15, 0.2) is 84.9 Å². The van der Waals surface area contributed by atoms with Crippen LogP contribution < -0.4 is 5.32 Å². The Balaban J connectivity index is 1.49. The maximum absolute atomic E-state index is 12.2. The van der Waals surface area contributed by atoms with Crippen LogP contribution in [0.1, 0.15) is 23.1 Å². The summed E-state index contributed by atoms with van der Waals surface area (Å²) < 4.78 is 5.10. The molecule has 3 rings (SSSR count). The van der Waals surface area contributed by atoms with E-state index in [0.717, 1.165) is 22.4 Å². The summed E-state index contributed by atoms with van der Waals surface area (Å²) in [4.78, 5) is 24.1. The summed E-state index contributed by atoms with van der Waals surface area (Å²) >= 11 is 0. The van der Waals surface area contributed by atoms with E-state index in [1.807, 2.05) is 84.9 Å². The van der Waals surface area contributed by atoms with E-state index in [0.29, 0.717) is 12.8 Å². The molecule has 0 radical (unpaired) electrons. The summed E-state index contributed by atoms with van der Waals surface area (Å²) in [6.45, 7) is -0.284. The first-order chi connectivity index (χ1) is 13.7. The van der Waals surface area contributed by atoms with Gasteiger partial charge in [-0.25, -0.2) is 0 Å². The molecular formula is C24H23NO3. The van der Waals surface area contributed by atoms with Gasteiger partial charge in [0.2, 0.25) is 0 Å². The second-order valence-electron chi connectivity index (χ2n) is 6.51. The summed E-state index contributed by atoms with van der Waals surface area (Å²) in [5, 5.41) is 2.84. The minimum atomic E-state index is -0.378. The van der Waals surface area contributed by atoms with E-state index in [1.165, 1.54) is 0 Å². The van der Waals surface area contributed by atoms with Crippen molar-refractivity contribution in [1.82, 2.24) is 0 Å². The van der Waals surface area contributed by atoms with Gasteiger partial charge in [0.05, 0.1) is 0 Å². The van der Waals surface area contributed by atoms with Gasteiger partial charge in [-0.15, -0.1) is 0 Å². The van der Waals surface area contributed by atoms with Gasteiger partial charge in [-0.05, 0) is 35.6 Å². The lowest BCUT2D eigenvalue weighted by molar-refractivity contribution is -0.147. The van der Waals surface area contributed by atoms with Crippen LogP contribution in [-0.4, -0.2) is 18.5 Å². The Labute approximate surface area is 165 Å². The average molecular weight is 373 g/mol. The van der Waals surface area contributed by atoms with Crippen molar-refractivity contribution >= 4 is 17.6 Å². The van der Waals surface area contributed by atoms with E-state index >= 15 is 0 Å². The van der Waals surface area contributed by atoms with Crippen LogP contribution in [0.25, 0.3) is 0 Å². The monoisotopic (exact) mass is 373 g/mol. The van der Waals surface area contributed by atoms with E-state index in [9.17, 15) is 9.59 Å². The van der Waals surface area contributed by atoms with Crippen LogP contribution in [-0.2, 0) is 27.2 Å². The topological polar surface area (TPSA) is 55.4 Å². The van der Waals surface area contributed by atoms with Gasteiger partial charge >= 0.3 is 5.97 Å². The lowest BCUT2D eigenvalue weighted by Crippen LogP contribution is -2.21. The number of amides is 1. The second-order valence-corrected chi connectivity index (χ2v) is 6.51. The number of carbonyl (C=O) groups excluding carboxylic acids is 2. The van der Waals surface area contributed by atoms with E-state index in [2.05, 4.69) is 5.32 Å². The van der Waals surface area contributed by atoms with Crippen molar-refractivity contribution < 1.29 is 14.3 Å². The van der Waals surface area contributed by atoms with Crippen LogP contribution in [0.3, 0.4) is 0 Å². The molecule has 3 aromatic rings. The number of rotatable bonds is 8. The number of hydrogen-bond acceptors (Lipinski definition) is 3. The fourth-order valence-corrected chi connectivity index (χ4v) is 2.91. The Hall–Kier alpha value is -3.40. The van der Waals surface area contributed by atoms with Crippen molar-refractivity contribution in [1.29, 1.82) is 0 Å². The molecule has 0 spiro atoms. The maximum atomic E-state index is 12.2. The van der Waals surface area contributed by atoms with Crippen molar-refractivity contribution in [3.8, 4) is 0 Å². The third kappa shape index (κ3) is 6.09. The summed E-state index contributed by atoms with van der Waals surface area (Å²) in [5.41, 5.74) is 3.98. The lowest BCUT2D eigenvalue weighted by atomic mass is 10.0. The summed E-state index contributed by atoms with van der Waals surface area (Å²) in [7, 11) is 0. The molecule has 4 heteroatoms. The Bertz CT molecular complexity index is 907. The normalized spacial score (nSPS) is 10.3. The summed E-state index contributed by atoms with van der Waals surface area (Å²) in [6, 6.07) is 27.4. The zero-order valence-electron chi connectivity index (χ0n) is 15.6. The smallest absolute Gasteiger partial charge is 0.306 e. The molecule has 1 N–H and O–H groups in total. The molecule has 1 amide bonds. The third-order valence-corrected chi connectivity index (χ3v) is 4.35. The van der Waals surface area contributed by atoms with E-state index in [1.54, 1.807) is 0 Å². The Morgan fingerprint density at radius 3 is 2.07 bits per heavy atom. The van der Waals surface area contributed by atoms with Gasteiger partial charge in [0, 0.05) is 12.1 Å². The standard InChI is InChI=1S/C24H23NO3/c26-23(18-28-24(27)16-15-19-9-3-1-4-10-19)25-22-14-8-7-13-21(22)17-20-11-5-2-6-12-20/h1-14H,15-18H2,(H,25,26). The van der Waals surface area contributed by atoms with Crippen molar-refractivity contribution in [2.45, 2.75) is 19.3 Å². The molecule has 0 saturated carbocycles. The minimum Gasteiger partial charge on any atom is -0.456 e. The lowest BCUT2D eigenvalue weighted by Gasteiger charge is -2.11. The van der Waals surface area contributed by atoms with E-state index < -0.39 is 0 Å². The number of aryl methyl sites for hydroxylation is 1. The zero-order chi connectivity index (χ0) is 19.6. The molecule has 0 aliphatic rings. The number of hydrogen-bond donors (Lipinski definition) is 1. The molecule has 0 heterocycles. The van der Waals surface area contributed by atoms with E-state index in [4.69, 9.17) is 4.74 Å². The van der Waals surface area contributed by atoms with Crippen LogP contribution in [0, 0.1) is 0 Å². The SMILES string of the molecule is O=C(COC(=O)CCc1ccccc1)Nc1ccccc1Cc1ccccc1. The first kappa shape index (κ1) is 19.4. The van der Waals surface area contributed by atoms with Gasteiger partial charge in [0.25, 0.3) is 5.91 Å².